The summed E-state index contributed by atoms with van der Waals surface area (Å²) in [7, 11) is -2.36. The van der Waals surface area contributed by atoms with Crippen molar-refractivity contribution in [2.75, 3.05) is 12.5 Å². The first-order valence-electron chi connectivity index (χ1n) is 3.77. The van der Waals surface area contributed by atoms with Crippen LogP contribution in [0.3, 0.4) is 0 Å². The minimum atomic E-state index is -2.36. The number of carbonyl (C=O) groups is 1. The monoisotopic (exact) mass is 295 g/mol. The number of carbonyl (C=O) groups excluding carboxylic acids is 1. The summed E-state index contributed by atoms with van der Waals surface area (Å²) < 4.78 is 15.8. The Morgan fingerprint density at radius 1 is 1.57 bits per heavy atom. The summed E-state index contributed by atoms with van der Waals surface area (Å²) in [5, 5.41) is 0. The number of halogens is 1. The molecule has 0 spiro atoms. The van der Waals surface area contributed by atoms with Crippen LogP contribution >= 0.6 is 27.3 Å². The van der Waals surface area contributed by atoms with Crippen LogP contribution in [0, 0.1) is 6.92 Å². The zero-order valence-electron chi connectivity index (χ0n) is 8.04. The molecule has 1 rings (SSSR count). The molecule has 0 saturated carbocycles. The van der Waals surface area contributed by atoms with Crippen LogP contribution in [-0.4, -0.2) is 22.6 Å². The van der Waals surface area contributed by atoms with E-state index in [1.165, 1.54) is 23.8 Å². The van der Waals surface area contributed by atoms with Crippen molar-refractivity contribution in [3.8, 4) is 0 Å². The Morgan fingerprint density at radius 2 is 2.14 bits per heavy atom. The van der Waals surface area contributed by atoms with E-state index in [0.717, 1.165) is 9.35 Å². The number of nitrogens with zero attached hydrogens (tertiary/aromatic N) is 1. The molecule has 0 fully saturated rings. The van der Waals surface area contributed by atoms with Crippen LogP contribution in [0.5, 0.6) is 0 Å². The van der Waals surface area contributed by atoms with Gasteiger partial charge in [-0.05, 0) is 34.5 Å². The lowest BCUT2D eigenvalue weighted by Crippen LogP contribution is -1.98. The van der Waals surface area contributed by atoms with E-state index in [-0.39, 0.29) is 0 Å². The normalized spacial score (nSPS) is 11.4. The largest absolute Gasteiger partial charge is 0.295 e. The number of aryl methyl sites for hydroxylation is 1. The first-order chi connectivity index (χ1) is 6.29. The van der Waals surface area contributed by atoms with E-state index >= 15 is 0 Å². The molecule has 1 aromatic rings. The van der Waals surface area contributed by atoms with Crippen LogP contribution in [0.2, 0.25) is 0 Å². The summed E-state index contributed by atoms with van der Waals surface area (Å²) in [6.07, 6.45) is 2.89. The summed E-state index contributed by atoms with van der Waals surface area (Å²) in [6.45, 7) is 1.90. The molecule has 0 aliphatic rings. The van der Waals surface area contributed by atoms with Gasteiger partial charge in [-0.25, -0.2) is 4.21 Å². The highest BCUT2D eigenvalue weighted by Gasteiger charge is 2.11. The van der Waals surface area contributed by atoms with Gasteiger partial charge in [-0.3, -0.25) is 4.79 Å². The van der Waals surface area contributed by atoms with E-state index in [1.807, 2.05) is 6.92 Å². The van der Waals surface area contributed by atoms with Crippen LogP contribution in [0.4, 0.5) is 0 Å². The van der Waals surface area contributed by atoms with E-state index in [1.54, 1.807) is 6.07 Å². The molecule has 0 saturated heterocycles. The second-order valence-electron chi connectivity index (χ2n) is 3.15. The Hall–Kier alpha value is -0.200. The van der Waals surface area contributed by atoms with E-state index in [9.17, 15) is 9.00 Å². The number of hydrogen-bond acceptors (Lipinski definition) is 3. The van der Waals surface area contributed by atoms with Gasteiger partial charge >= 0.3 is 0 Å². The van der Waals surface area contributed by atoms with Crippen LogP contribution in [0.25, 0.3) is 0 Å². The van der Waals surface area contributed by atoms with Gasteiger partial charge in [0.15, 0.2) is 0 Å². The minimum Gasteiger partial charge on any atom is -0.265 e. The molecule has 0 radical (unpaired) electrons. The van der Waals surface area contributed by atoms with Gasteiger partial charge in [-0.2, -0.15) is 4.36 Å². The zero-order chi connectivity index (χ0) is 10.9. The third kappa shape index (κ3) is 3.18. The van der Waals surface area contributed by atoms with Gasteiger partial charge in [-0.1, -0.05) is 0 Å². The predicted octanol–water partition coefficient (Wildman–Crippen LogP) is 2.69. The fraction of sp³-hybridized carbons (Fsp3) is 0.375. The molecule has 0 unspecified atom stereocenters. The van der Waals surface area contributed by atoms with Crippen LogP contribution in [0.1, 0.15) is 15.2 Å². The molecule has 0 aromatic carbocycles. The fourth-order valence-corrected chi connectivity index (χ4v) is 2.78. The highest BCUT2D eigenvalue weighted by Crippen LogP contribution is 2.27. The van der Waals surface area contributed by atoms with Crippen molar-refractivity contribution >= 4 is 42.9 Å². The second-order valence-corrected chi connectivity index (χ2v) is 8.06. The van der Waals surface area contributed by atoms with E-state index in [2.05, 4.69) is 20.3 Å². The van der Waals surface area contributed by atoms with Gasteiger partial charge in [-0.15, -0.1) is 11.3 Å². The molecule has 14 heavy (non-hydrogen) atoms. The van der Waals surface area contributed by atoms with Gasteiger partial charge in [0.05, 0.1) is 8.66 Å². The molecular formula is C8H10BrNO2S2. The standard InChI is InChI=1S/C8H10BrNO2S2/c1-5-4-6(13-7(5)9)8(11)10-14(2,3)12/h4H,1-3H3. The molecule has 1 amide bonds. The molecule has 78 valence electrons. The molecular weight excluding hydrogens is 286 g/mol. The smallest absolute Gasteiger partial charge is 0.265 e. The van der Waals surface area contributed by atoms with Gasteiger partial charge < -0.3 is 0 Å². The van der Waals surface area contributed by atoms with E-state index in [4.69, 9.17) is 0 Å². The zero-order valence-corrected chi connectivity index (χ0v) is 11.3. The van der Waals surface area contributed by atoms with Gasteiger partial charge in [0.2, 0.25) is 0 Å². The molecule has 1 heterocycles. The summed E-state index contributed by atoms with van der Waals surface area (Å²) in [6, 6.07) is 1.74. The maximum absolute atomic E-state index is 11.5. The average molecular weight is 296 g/mol. The highest BCUT2D eigenvalue weighted by atomic mass is 79.9. The Morgan fingerprint density at radius 3 is 2.50 bits per heavy atom. The molecule has 1 aromatic heterocycles. The Kier molecular flexibility index (Phi) is 3.49. The maximum atomic E-state index is 11.5. The summed E-state index contributed by atoms with van der Waals surface area (Å²) in [5.41, 5.74) is 0.993. The fourth-order valence-electron chi connectivity index (χ4n) is 0.810. The lowest BCUT2D eigenvalue weighted by atomic mass is 10.3. The first-order valence-corrected chi connectivity index (χ1v) is 7.71. The van der Waals surface area contributed by atoms with Gasteiger partial charge in [0.25, 0.3) is 5.91 Å². The Balaban J connectivity index is 3.09. The summed E-state index contributed by atoms with van der Waals surface area (Å²) >= 11 is 4.63. The Labute approximate surface area is 95.8 Å². The predicted molar refractivity (Wildman–Crippen MR) is 63.5 cm³/mol. The van der Waals surface area contributed by atoms with Crippen molar-refractivity contribution < 1.29 is 9.00 Å². The maximum Gasteiger partial charge on any atom is 0.295 e. The van der Waals surface area contributed by atoms with Crippen molar-refractivity contribution in [2.24, 2.45) is 4.36 Å². The number of rotatable bonds is 1. The lowest BCUT2D eigenvalue weighted by Gasteiger charge is -1.91. The molecule has 0 aliphatic carbocycles. The Bertz CT molecular complexity index is 456. The second kappa shape index (κ2) is 4.12. The molecule has 6 heteroatoms. The molecule has 0 bridgehead atoms. The number of thiophene rings is 1. The van der Waals surface area contributed by atoms with Crippen molar-refractivity contribution in [1.82, 2.24) is 0 Å². The van der Waals surface area contributed by atoms with Crippen molar-refractivity contribution in [1.29, 1.82) is 0 Å². The van der Waals surface area contributed by atoms with Crippen molar-refractivity contribution in [2.45, 2.75) is 6.92 Å². The van der Waals surface area contributed by atoms with Crippen molar-refractivity contribution in [3.63, 3.8) is 0 Å². The van der Waals surface area contributed by atoms with Crippen molar-refractivity contribution in [3.05, 3.63) is 20.3 Å². The molecule has 0 N–H and O–H groups in total. The molecule has 3 nitrogen and oxygen atoms in total. The number of amides is 1. The van der Waals surface area contributed by atoms with E-state index in [0.29, 0.717) is 4.88 Å². The SMILES string of the molecule is Cc1cc(C(=O)N=S(C)(C)=O)sc1Br. The van der Waals surface area contributed by atoms with Crippen LogP contribution < -0.4 is 0 Å². The van der Waals surface area contributed by atoms with E-state index < -0.39 is 15.6 Å². The third-order valence-electron chi connectivity index (χ3n) is 1.37. The minimum absolute atomic E-state index is 0.404. The quantitative estimate of drug-likeness (QED) is 0.800. The van der Waals surface area contributed by atoms with Gasteiger partial charge in [0, 0.05) is 22.2 Å². The molecule has 0 atom stereocenters. The third-order valence-corrected chi connectivity index (χ3v) is 4.10. The topological polar surface area (TPSA) is 46.5 Å². The molecule has 0 aliphatic heterocycles. The van der Waals surface area contributed by atoms with Crippen LogP contribution in [0.15, 0.2) is 14.2 Å². The average Bonchev–Trinajstić information content (AvgIpc) is 2.28. The summed E-state index contributed by atoms with van der Waals surface area (Å²) in [4.78, 5) is 12.0. The first kappa shape index (κ1) is 11.9. The van der Waals surface area contributed by atoms with Crippen LogP contribution in [-0.2, 0) is 9.73 Å². The summed E-state index contributed by atoms with van der Waals surface area (Å²) in [5.74, 6) is -0.404. The number of hydrogen-bond donors (Lipinski definition) is 0. The van der Waals surface area contributed by atoms with Gasteiger partial charge in [0.1, 0.15) is 0 Å². The lowest BCUT2D eigenvalue weighted by molar-refractivity contribution is 0.101. The highest BCUT2D eigenvalue weighted by molar-refractivity contribution is 9.11.